The van der Waals surface area contributed by atoms with E-state index in [1.54, 1.807) is 0 Å². The minimum atomic E-state index is -4.55. The second-order valence-corrected chi connectivity index (χ2v) is 16.7. The molecule has 57 heavy (non-hydrogen) atoms. The zero-order chi connectivity index (χ0) is 42.0. The van der Waals surface area contributed by atoms with E-state index in [2.05, 4.69) is 111 Å². The molecule has 0 aliphatic heterocycles. The molecular formula is C48H82NO7P. The summed E-state index contributed by atoms with van der Waals surface area (Å²) in [5.41, 5.74) is 0. The average Bonchev–Trinajstić information content (AvgIpc) is 3.16. The van der Waals surface area contributed by atoms with Crippen LogP contribution in [0.25, 0.3) is 0 Å². The van der Waals surface area contributed by atoms with Crippen molar-refractivity contribution in [3.8, 4) is 0 Å². The Morgan fingerprint density at radius 3 is 1.53 bits per heavy atom. The van der Waals surface area contributed by atoms with Gasteiger partial charge in [-0.2, -0.15) is 0 Å². The largest absolute Gasteiger partial charge is 0.756 e. The van der Waals surface area contributed by atoms with Gasteiger partial charge in [-0.3, -0.25) is 9.36 Å². The smallest absolute Gasteiger partial charge is 0.306 e. The van der Waals surface area contributed by atoms with Gasteiger partial charge >= 0.3 is 5.97 Å². The minimum absolute atomic E-state index is 0.00934. The average molecular weight is 816 g/mol. The van der Waals surface area contributed by atoms with Gasteiger partial charge in [0.25, 0.3) is 7.82 Å². The molecule has 8 nitrogen and oxygen atoms in total. The van der Waals surface area contributed by atoms with Crippen molar-refractivity contribution in [1.82, 2.24) is 0 Å². The molecule has 0 saturated carbocycles. The second-order valence-electron chi connectivity index (χ2n) is 15.3. The summed E-state index contributed by atoms with van der Waals surface area (Å²) in [6, 6.07) is 0. The lowest BCUT2D eigenvalue weighted by Crippen LogP contribution is -2.37. The highest BCUT2D eigenvalue weighted by atomic mass is 31.2. The first-order chi connectivity index (χ1) is 27.6. The van der Waals surface area contributed by atoms with Gasteiger partial charge in [-0.1, -0.05) is 143 Å². The number of allylic oxidation sites excluding steroid dienone is 16. The summed E-state index contributed by atoms with van der Waals surface area (Å²) in [7, 11) is 1.30. The number of unbranched alkanes of at least 4 members (excludes halogenated alkanes) is 9. The van der Waals surface area contributed by atoms with Crippen LogP contribution in [0.2, 0.25) is 0 Å². The molecule has 0 aromatic heterocycles. The first-order valence-corrected chi connectivity index (χ1v) is 23.4. The van der Waals surface area contributed by atoms with Crippen LogP contribution < -0.4 is 4.89 Å². The number of hydrogen-bond acceptors (Lipinski definition) is 7. The van der Waals surface area contributed by atoms with Crippen LogP contribution in [0.4, 0.5) is 0 Å². The lowest BCUT2D eigenvalue weighted by molar-refractivity contribution is -0.870. The lowest BCUT2D eigenvalue weighted by Gasteiger charge is -2.28. The number of hydrogen-bond donors (Lipinski definition) is 0. The second kappa shape index (κ2) is 40.2. The van der Waals surface area contributed by atoms with E-state index in [1.807, 2.05) is 21.1 Å². The van der Waals surface area contributed by atoms with E-state index in [1.165, 1.54) is 25.7 Å². The van der Waals surface area contributed by atoms with Gasteiger partial charge in [0.2, 0.25) is 0 Å². The van der Waals surface area contributed by atoms with Crippen LogP contribution in [0.1, 0.15) is 142 Å². The molecule has 2 unspecified atom stereocenters. The van der Waals surface area contributed by atoms with Crippen LogP contribution in [0.3, 0.4) is 0 Å². The highest BCUT2D eigenvalue weighted by molar-refractivity contribution is 7.45. The fraction of sp³-hybridized carbons (Fsp3) is 0.646. The Kier molecular flexibility index (Phi) is 38.4. The number of esters is 1. The summed E-state index contributed by atoms with van der Waals surface area (Å²) in [4.78, 5) is 25.0. The number of phosphoric ester groups is 1. The summed E-state index contributed by atoms with van der Waals surface area (Å²) in [6.45, 7) is 5.11. The Morgan fingerprint density at radius 1 is 0.561 bits per heavy atom. The van der Waals surface area contributed by atoms with Crippen LogP contribution in [0, 0.1) is 0 Å². The molecule has 2 atom stereocenters. The first-order valence-electron chi connectivity index (χ1n) is 22.0. The van der Waals surface area contributed by atoms with E-state index in [0.717, 1.165) is 89.9 Å². The van der Waals surface area contributed by atoms with Crippen LogP contribution in [0.5, 0.6) is 0 Å². The van der Waals surface area contributed by atoms with Crippen LogP contribution in [-0.4, -0.2) is 70.7 Å². The summed E-state index contributed by atoms with van der Waals surface area (Å²) < 4.78 is 34.5. The Morgan fingerprint density at radius 2 is 1.02 bits per heavy atom. The summed E-state index contributed by atoms with van der Waals surface area (Å²) >= 11 is 0. The van der Waals surface area contributed by atoms with Crippen LogP contribution >= 0.6 is 7.82 Å². The zero-order valence-corrected chi connectivity index (χ0v) is 37.6. The van der Waals surface area contributed by atoms with E-state index in [-0.39, 0.29) is 32.2 Å². The number of ether oxygens (including phenoxy) is 2. The summed E-state index contributed by atoms with van der Waals surface area (Å²) in [6.07, 6.45) is 54.2. The third-order valence-electron chi connectivity index (χ3n) is 8.60. The molecule has 0 aliphatic rings. The van der Waals surface area contributed by atoms with Crippen LogP contribution in [0.15, 0.2) is 97.2 Å². The highest BCUT2D eigenvalue weighted by Gasteiger charge is 2.20. The Hall–Kier alpha value is -2.58. The minimum Gasteiger partial charge on any atom is -0.756 e. The number of quaternary nitrogens is 1. The predicted molar refractivity (Wildman–Crippen MR) is 240 cm³/mol. The molecule has 326 valence electrons. The number of phosphoric acid groups is 1. The number of nitrogens with zero attached hydrogens (tertiary/aromatic N) is 1. The molecule has 0 bridgehead atoms. The van der Waals surface area contributed by atoms with Gasteiger partial charge in [0.15, 0.2) is 0 Å². The molecule has 0 spiro atoms. The molecule has 0 aliphatic carbocycles. The highest BCUT2D eigenvalue weighted by Crippen LogP contribution is 2.38. The van der Waals surface area contributed by atoms with Crippen molar-refractivity contribution in [1.29, 1.82) is 0 Å². The van der Waals surface area contributed by atoms with E-state index < -0.39 is 13.9 Å². The molecule has 0 heterocycles. The maximum atomic E-state index is 12.7. The third-order valence-corrected chi connectivity index (χ3v) is 9.56. The molecule has 0 rings (SSSR count). The number of carbonyl (C=O) groups excluding carboxylic acids is 1. The molecule has 0 saturated heterocycles. The molecule has 9 heteroatoms. The SMILES string of the molecule is CC/C=C\C/C=C\C/C=C\C/C=C\C/C=C\C/C=C\CCCCC(=O)OC(COCCCCCCCC/C=C\C/C=C\CCC)COP(=O)([O-])OCC[N+](C)(C)C. The van der Waals surface area contributed by atoms with Gasteiger partial charge < -0.3 is 27.9 Å². The Labute approximate surface area is 349 Å². The molecule has 0 N–H and O–H groups in total. The topological polar surface area (TPSA) is 94.1 Å². The van der Waals surface area contributed by atoms with E-state index in [0.29, 0.717) is 24.1 Å². The van der Waals surface area contributed by atoms with Gasteiger partial charge in [-0.15, -0.1) is 0 Å². The third kappa shape index (κ3) is 44.4. The van der Waals surface area contributed by atoms with Gasteiger partial charge in [-0.25, -0.2) is 0 Å². The quantitative estimate of drug-likeness (QED) is 0.0200. The Bertz CT molecular complexity index is 1230. The summed E-state index contributed by atoms with van der Waals surface area (Å²) in [5, 5.41) is 0. The number of carbonyl (C=O) groups is 1. The maximum Gasteiger partial charge on any atom is 0.306 e. The van der Waals surface area contributed by atoms with E-state index in [4.69, 9.17) is 18.5 Å². The molecule has 0 aromatic rings. The van der Waals surface area contributed by atoms with Crippen molar-refractivity contribution in [2.24, 2.45) is 0 Å². The van der Waals surface area contributed by atoms with Gasteiger partial charge in [-0.05, 0) is 89.9 Å². The fourth-order valence-electron chi connectivity index (χ4n) is 5.23. The molecule has 0 aromatic carbocycles. The lowest BCUT2D eigenvalue weighted by atomic mass is 10.1. The van der Waals surface area contributed by atoms with Crippen molar-refractivity contribution in [2.75, 3.05) is 54.1 Å². The van der Waals surface area contributed by atoms with Gasteiger partial charge in [0, 0.05) is 13.0 Å². The van der Waals surface area contributed by atoms with Crippen molar-refractivity contribution >= 4 is 13.8 Å². The van der Waals surface area contributed by atoms with Gasteiger partial charge in [0.05, 0.1) is 34.4 Å². The monoisotopic (exact) mass is 816 g/mol. The fourth-order valence-corrected chi connectivity index (χ4v) is 5.96. The zero-order valence-electron chi connectivity index (χ0n) is 36.7. The normalized spacial score (nSPS) is 14.7. The standard InChI is InChI=1S/C48H82NO7P/c1-6-8-10-12-14-16-18-20-22-23-24-25-26-27-28-29-31-33-35-37-39-41-48(50)56-47(46-55-57(51,52)54-44-42-49(3,4)5)45-53-43-40-38-36-34-32-30-21-19-17-15-13-11-9-7-2/h8,10-11,13-14,16-17,19-20,22,24-25,27-28,31,33,47H,6-7,9,12,15,18,21,23,26,29-30,32,34-46H2,1-5H3/b10-8-,13-11-,16-14-,19-17-,22-20-,25-24-,28-27-,33-31-. The number of likely N-dealkylation sites (N-methyl/N-ethyl adjacent to an activating group) is 1. The molecule has 0 radical (unpaired) electrons. The summed E-state index contributed by atoms with van der Waals surface area (Å²) in [5.74, 6) is -0.385. The van der Waals surface area contributed by atoms with Crippen molar-refractivity contribution in [3.63, 3.8) is 0 Å². The van der Waals surface area contributed by atoms with Crippen molar-refractivity contribution in [2.45, 2.75) is 148 Å². The molecule has 0 fully saturated rings. The van der Waals surface area contributed by atoms with Crippen molar-refractivity contribution in [3.05, 3.63) is 97.2 Å². The van der Waals surface area contributed by atoms with E-state index in [9.17, 15) is 14.3 Å². The Balaban J connectivity index is 4.37. The number of rotatable bonds is 39. The van der Waals surface area contributed by atoms with E-state index >= 15 is 0 Å². The first kappa shape index (κ1) is 54.4. The van der Waals surface area contributed by atoms with Crippen LogP contribution in [-0.2, 0) is 27.9 Å². The molecule has 0 amide bonds. The van der Waals surface area contributed by atoms with Gasteiger partial charge in [0.1, 0.15) is 19.3 Å². The van der Waals surface area contributed by atoms with Crippen molar-refractivity contribution < 1.29 is 37.3 Å². The maximum absolute atomic E-state index is 12.7. The predicted octanol–water partition coefficient (Wildman–Crippen LogP) is 12.4. The molecular weight excluding hydrogens is 734 g/mol.